The number of hydrogen-bond acceptors (Lipinski definition) is 5. The summed E-state index contributed by atoms with van der Waals surface area (Å²) in [6.45, 7) is -0.290. The van der Waals surface area contributed by atoms with Gasteiger partial charge in [-0.1, -0.05) is 24.3 Å². The number of nitrogens with zero attached hydrogens (tertiary/aromatic N) is 3. The molecule has 0 unspecified atom stereocenters. The molecule has 0 aliphatic carbocycles. The molecule has 0 N–H and O–H groups in total. The normalized spacial score (nSPS) is 12.6. The first-order chi connectivity index (χ1) is 14.9. The van der Waals surface area contributed by atoms with Gasteiger partial charge >= 0.3 is 0 Å². The highest BCUT2D eigenvalue weighted by molar-refractivity contribution is 14.1. The highest BCUT2D eigenvalue weighted by Crippen LogP contribution is 2.28. The Morgan fingerprint density at radius 1 is 0.903 bits per heavy atom. The van der Waals surface area contributed by atoms with Gasteiger partial charge < -0.3 is 0 Å². The number of rotatable bonds is 5. The Bertz CT molecular complexity index is 1190. The SMILES string of the molecule is O=C1c2ccccc2C(=O)N1CN(C(=O)c1ccc([N+](=O)[O-])cc1)c1ccccc1I. The minimum absolute atomic E-state index is 0.141. The summed E-state index contributed by atoms with van der Waals surface area (Å²) in [6.07, 6.45) is 0. The number of halogens is 1. The van der Waals surface area contributed by atoms with Crippen LogP contribution in [0.25, 0.3) is 0 Å². The number of para-hydroxylation sites is 1. The standard InChI is InChI=1S/C22H14IN3O5/c23-18-7-3-4-8-19(18)24(20(27)14-9-11-15(12-10-14)26(30)31)13-25-21(28)16-5-1-2-6-17(16)22(25)29/h1-12H,13H2. The minimum atomic E-state index is -0.551. The first-order valence-corrected chi connectivity index (χ1v) is 10.2. The van der Waals surface area contributed by atoms with Gasteiger partial charge in [0.25, 0.3) is 23.4 Å². The fraction of sp³-hybridized carbons (Fsp3) is 0.0455. The number of nitro groups is 1. The highest BCUT2D eigenvalue weighted by Gasteiger charge is 2.37. The number of imide groups is 1. The van der Waals surface area contributed by atoms with E-state index >= 15 is 0 Å². The van der Waals surface area contributed by atoms with Gasteiger partial charge in [0.05, 0.1) is 21.7 Å². The summed E-state index contributed by atoms with van der Waals surface area (Å²) in [4.78, 5) is 51.7. The molecule has 1 aliphatic heterocycles. The molecule has 154 valence electrons. The molecule has 0 fully saturated rings. The lowest BCUT2D eigenvalue weighted by Crippen LogP contribution is -2.44. The van der Waals surface area contributed by atoms with Crippen molar-refractivity contribution >= 4 is 51.7 Å². The third-order valence-corrected chi connectivity index (χ3v) is 5.79. The van der Waals surface area contributed by atoms with Gasteiger partial charge in [0, 0.05) is 21.3 Å². The van der Waals surface area contributed by atoms with Crippen LogP contribution in [0.4, 0.5) is 11.4 Å². The van der Waals surface area contributed by atoms with Crippen molar-refractivity contribution in [3.63, 3.8) is 0 Å². The number of benzene rings is 3. The molecule has 3 amide bonds. The van der Waals surface area contributed by atoms with Crippen LogP contribution in [-0.2, 0) is 0 Å². The highest BCUT2D eigenvalue weighted by atomic mass is 127. The largest absolute Gasteiger partial charge is 0.288 e. The zero-order chi connectivity index (χ0) is 22.1. The van der Waals surface area contributed by atoms with Gasteiger partial charge in [-0.2, -0.15) is 0 Å². The minimum Gasteiger partial charge on any atom is -0.288 e. The maximum Gasteiger partial charge on any atom is 0.269 e. The van der Waals surface area contributed by atoms with Gasteiger partial charge in [-0.3, -0.25) is 34.3 Å². The van der Waals surface area contributed by atoms with Crippen molar-refractivity contribution in [1.82, 2.24) is 4.90 Å². The van der Waals surface area contributed by atoms with Crippen LogP contribution in [0.2, 0.25) is 0 Å². The molecule has 9 heteroatoms. The number of carbonyl (C=O) groups excluding carboxylic acids is 3. The van der Waals surface area contributed by atoms with Crippen molar-refractivity contribution < 1.29 is 19.3 Å². The van der Waals surface area contributed by atoms with E-state index in [0.717, 1.165) is 8.47 Å². The predicted octanol–water partition coefficient (Wildman–Crippen LogP) is 4.10. The zero-order valence-corrected chi connectivity index (χ0v) is 18.1. The monoisotopic (exact) mass is 527 g/mol. The van der Waals surface area contributed by atoms with Gasteiger partial charge in [-0.05, 0) is 59.0 Å². The third kappa shape index (κ3) is 3.79. The second kappa shape index (κ2) is 8.26. The first kappa shape index (κ1) is 20.7. The number of nitro benzene ring substituents is 1. The molecular formula is C22H14IN3O5. The molecule has 0 aromatic heterocycles. The molecule has 4 rings (SSSR count). The smallest absolute Gasteiger partial charge is 0.269 e. The fourth-order valence-electron chi connectivity index (χ4n) is 3.31. The van der Waals surface area contributed by atoms with E-state index in [2.05, 4.69) is 22.6 Å². The third-order valence-electron chi connectivity index (χ3n) is 4.87. The lowest BCUT2D eigenvalue weighted by Gasteiger charge is -2.28. The van der Waals surface area contributed by atoms with E-state index < -0.39 is 22.6 Å². The summed E-state index contributed by atoms with van der Waals surface area (Å²) >= 11 is 2.07. The van der Waals surface area contributed by atoms with E-state index in [9.17, 15) is 24.5 Å². The molecule has 0 saturated carbocycles. The van der Waals surface area contributed by atoms with Gasteiger partial charge in [-0.15, -0.1) is 0 Å². The number of carbonyl (C=O) groups is 3. The summed E-state index contributed by atoms with van der Waals surface area (Å²) in [5.74, 6) is -1.45. The molecule has 0 spiro atoms. The summed E-state index contributed by atoms with van der Waals surface area (Å²) in [7, 11) is 0. The van der Waals surface area contributed by atoms with E-state index in [-0.39, 0.29) is 29.0 Å². The molecule has 0 radical (unpaired) electrons. The van der Waals surface area contributed by atoms with Crippen LogP contribution in [0.1, 0.15) is 31.1 Å². The molecule has 0 saturated heterocycles. The topological polar surface area (TPSA) is 101 Å². The predicted molar refractivity (Wildman–Crippen MR) is 121 cm³/mol. The Morgan fingerprint density at radius 3 is 2.00 bits per heavy atom. The Hall–Kier alpha value is -3.60. The molecule has 0 atom stereocenters. The molecule has 31 heavy (non-hydrogen) atoms. The molecule has 1 heterocycles. The van der Waals surface area contributed by atoms with Crippen molar-refractivity contribution in [3.05, 3.63) is 103 Å². The molecule has 1 aliphatic rings. The van der Waals surface area contributed by atoms with E-state index in [0.29, 0.717) is 5.69 Å². The van der Waals surface area contributed by atoms with E-state index in [1.54, 1.807) is 42.5 Å². The van der Waals surface area contributed by atoms with Crippen LogP contribution in [0, 0.1) is 13.7 Å². The lowest BCUT2D eigenvalue weighted by molar-refractivity contribution is -0.384. The van der Waals surface area contributed by atoms with Crippen LogP contribution in [0.5, 0.6) is 0 Å². The van der Waals surface area contributed by atoms with Gasteiger partial charge in [-0.25, -0.2) is 0 Å². The number of non-ortho nitro benzene ring substituents is 1. The van der Waals surface area contributed by atoms with Crippen molar-refractivity contribution in [1.29, 1.82) is 0 Å². The van der Waals surface area contributed by atoms with Crippen LogP contribution >= 0.6 is 22.6 Å². The average Bonchev–Trinajstić information content (AvgIpc) is 3.02. The second-order valence-corrected chi connectivity index (χ2v) is 7.88. The Kier molecular flexibility index (Phi) is 5.51. The average molecular weight is 527 g/mol. The molecule has 0 bridgehead atoms. The number of hydrogen-bond donors (Lipinski definition) is 0. The van der Waals surface area contributed by atoms with Crippen LogP contribution in [0.15, 0.2) is 72.8 Å². The summed E-state index contributed by atoms with van der Waals surface area (Å²) < 4.78 is 0.743. The number of anilines is 1. The second-order valence-electron chi connectivity index (χ2n) is 6.71. The van der Waals surface area contributed by atoms with Crippen molar-refractivity contribution in [2.24, 2.45) is 0 Å². The first-order valence-electron chi connectivity index (χ1n) is 9.14. The van der Waals surface area contributed by atoms with Gasteiger partial charge in [0.2, 0.25) is 0 Å². The Balaban J connectivity index is 1.72. The molecule has 8 nitrogen and oxygen atoms in total. The van der Waals surface area contributed by atoms with E-state index in [1.807, 2.05) is 6.07 Å². The van der Waals surface area contributed by atoms with Crippen molar-refractivity contribution in [2.45, 2.75) is 0 Å². The quantitative estimate of drug-likeness (QED) is 0.215. The number of amides is 3. The molecule has 3 aromatic rings. The summed E-state index contributed by atoms with van der Waals surface area (Å²) in [5.41, 5.74) is 1.15. The van der Waals surface area contributed by atoms with Crippen molar-refractivity contribution in [2.75, 3.05) is 11.6 Å². The van der Waals surface area contributed by atoms with Crippen LogP contribution in [-0.4, -0.2) is 34.2 Å². The van der Waals surface area contributed by atoms with Crippen molar-refractivity contribution in [3.8, 4) is 0 Å². The Labute approximate surface area is 190 Å². The van der Waals surface area contributed by atoms with E-state index in [1.165, 1.54) is 29.2 Å². The maximum atomic E-state index is 13.4. The molecule has 3 aromatic carbocycles. The summed E-state index contributed by atoms with van der Waals surface area (Å²) in [5, 5.41) is 10.9. The van der Waals surface area contributed by atoms with Gasteiger partial charge in [0.15, 0.2) is 0 Å². The van der Waals surface area contributed by atoms with E-state index in [4.69, 9.17) is 0 Å². The van der Waals surface area contributed by atoms with Crippen LogP contribution in [0.3, 0.4) is 0 Å². The fourth-order valence-corrected chi connectivity index (χ4v) is 3.99. The number of fused-ring (bicyclic) bond motifs is 1. The van der Waals surface area contributed by atoms with Crippen LogP contribution < -0.4 is 4.90 Å². The zero-order valence-electron chi connectivity index (χ0n) is 15.9. The summed E-state index contributed by atoms with van der Waals surface area (Å²) in [6, 6.07) is 18.7. The Morgan fingerprint density at radius 2 is 1.45 bits per heavy atom. The lowest BCUT2D eigenvalue weighted by atomic mass is 10.1. The maximum absolute atomic E-state index is 13.4. The molecular weight excluding hydrogens is 513 g/mol. The van der Waals surface area contributed by atoms with Gasteiger partial charge in [0.1, 0.15) is 6.67 Å².